The molecule has 0 aliphatic heterocycles. The molecule has 0 saturated carbocycles. The molecule has 0 unspecified atom stereocenters. The van der Waals surface area contributed by atoms with Gasteiger partial charge in [0.15, 0.2) is 11.6 Å². The zero-order valence-electron chi connectivity index (χ0n) is 22.5. The number of aromatic nitrogens is 4. The molecule has 42 heavy (non-hydrogen) atoms. The number of hydrogen-bond acceptors (Lipinski definition) is 6. The fourth-order valence-electron chi connectivity index (χ4n) is 4.48. The summed E-state index contributed by atoms with van der Waals surface area (Å²) in [4.78, 5) is 23.9. The van der Waals surface area contributed by atoms with Crippen LogP contribution in [0.1, 0.15) is 32.9 Å². The maximum Gasteiger partial charge on any atom is 0.335 e. The minimum atomic E-state index is -1.43. The first kappa shape index (κ1) is 28.7. The highest BCUT2D eigenvalue weighted by atomic mass is 19.2. The zero-order valence-corrected chi connectivity index (χ0v) is 22.5. The Morgan fingerprint density at radius 1 is 0.976 bits per heavy atom. The summed E-state index contributed by atoms with van der Waals surface area (Å²) in [6.07, 6.45) is 0.811. The van der Waals surface area contributed by atoms with E-state index in [0.29, 0.717) is 11.0 Å². The summed E-state index contributed by atoms with van der Waals surface area (Å²) in [6, 6.07) is 10.7. The summed E-state index contributed by atoms with van der Waals surface area (Å²) < 4.78 is 72.4. The number of fused-ring (bicyclic) bond motifs is 1. The Hall–Kier alpha value is -4.84. The fourth-order valence-corrected chi connectivity index (χ4v) is 4.48. The highest BCUT2D eigenvalue weighted by Crippen LogP contribution is 2.30. The predicted octanol–water partition coefficient (Wildman–Crippen LogP) is 5.87. The first-order valence-corrected chi connectivity index (χ1v) is 12.7. The summed E-state index contributed by atoms with van der Waals surface area (Å²) >= 11 is 0. The van der Waals surface area contributed by atoms with Crippen LogP contribution in [0, 0.1) is 30.2 Å². The number of hydrogen-bond donors (Lipinski definition) is 1. The molecule has 5 aromatic rings. The van der Waals surface area contributed by atoms with Gasteiger partial charge in [0, 0.05) is 43.0 Å². The first-order chi connectivity index (χ1) is 20.2. The van der Waals surface area contributed by atoms with E-state index in [0.717, 1.165) is 11.6 Å². The molecule has 12 heteroatoms. The number of benzene rings is 3. The summed E-state index contributed by atoms with van der Waals surface area (Å²) in [5.74, 6) is -5.24. The lowest BCUT2D eigenvalue weighted by Gasteiger charge is -2.13. The van der Waals surface area contributed by atoms with Crippen molar-refractivity contribution in [2.45, 2.75) is 26.5 Å². The standard InChI is InChI=1S/C30H24F4N4O4/c1-16-3-4-18(21(31)11-16)15-42-30-35-8-7-23(37-30)20-13-22(32)19(27(33)28(20)34)14-26-36-24-6-5-17(29(39)40)12-25(24)38(26)9-10-41-2/h3-8,11-13H,9-10,14-15H2,1-2H3,(H,39,40). The Kier molecular flexibility index (Phi) is 8.16. The van der Waals surface area contributed by atoms with E-state index in [1.807, 2.05) is 0 Å². The van der Waals surface area contributed by atoms with Gasteiger partial charge in [-0.3, -0.25) is 0 Å². The maximum atomic E-state index is 15.4. The maximum absolute atomic E-state index is 15.4. The normalized spacial score (nSPS) is 11.3. The molecule has 0 amide bonds. The van der Waals surface area contributed by atoms with Crippen molar-refractivity contribution in [1.29, 1.82) is 0 Å². The quantitative estimate of drug-likeness (QED) is 0.163. The monoisotopic (exact) mass is 580 g/mol. The Morgan fingerprint density at radius 2 is 1.79 bits per heavy atom. The number of methoxy groups -OCH3 is 1. The van der Waals surface area contributed by atoms with Gasteiger partial charge in [0.25, 0.3) is 0 Å². The molecule has 0 saturated heterocycles. The van der Waals surface area contributed by atoms with Gasteiger partial charge in [-0.05, 0) is 48.9 Å². The van der Waals surface area contributed by atoms with Crippen LogP contribution in [0.4, 0.5) is 17.6 Å². The van der Waals surface area contributed by atoms with E-state index in [1.54, 1.807) is 23.6 Å². The molecule has 1 N–H and O–H groups in total. The van der Waals surface area contributed by atoms with Crippen molar-refractivity contribution >= 4 is 17.0 Å². The molecular weight excluding hydrogens is 556 g/mol. The van der Waals surface area contributed by atoms with Crippen LogP contribution in [0.3, 0.4) is 0 Å². The average Bonchev–Trinajstić information content (AvgIpc) is 3.31. The molecule has 0 aliphatic rings. The molecule has 216 valence electrons. The number of aromatic carboxylic acids is 1. The predicted molar refractivity (Wildman–Crippen MR) is 144 cm³/mol. The number of aryl methyl sites for hydroxylation is 1. The van der Waals surface area contributed by atoms with Crippen molar-refractivity contribution < 1.29 is 36.9 Å². The second-order valence-corrected chi connectivity index (χ2v) is 9.48. The Bertz CT molecular complexity index is 1810. The second kappa shape index (κ2) is 12.0. The average molecular weight is 581 g/mol. The summed E-state index contributed by atoms with van der Waals surface area (Å²) in [7, 11) is 1.47. The highest BCUT2D eigenvalue weighted by Gasteiger charge is 2.24. The Balaban J connectivity index is 1.45. The lowest BCUT2D eigenvalue weighted by Crippen LogP contribution is -2.11. The van der Waals surface area contributed by atoms with Gasteiger partial charge in [0.05, 0.1) is 28.9 Å². The van der Waals surface area contributed by atoms with Crippen LogP contribution in [-0.2, 0) is 24.3 Å². The van der Waals surface area contributed by atoms with Crippen LogP contribution in [0.5, 0.6) is 6.01 Å². The van der Waals surface area contributed by atoms with Gasteiger partial charge in [-0.15, -0.1) is 0 Å². The van der Waals surface area contributed by atoms with Gasteiger partial charge in [-0.1, -0.05) is 12.1 Å². The van der Waals surface area contributed by atoms with Gasteiger partial charge in [0.2, 0.25) is 0 Å². The molecule has 0 radical (unpaired) electrons. The molecule has 8 nitrogen and oxygen atoms in total. The third kappa shape index (κ3) is 5.79. The van der Waals surface area contributed by atoms with E-state index in [-0.39, 0.29) is 48.4 Å². The molecule has 0 aliphatic carbocycles. The van der Waals surface area contributed by atoms with E-state index in [1.165, 1.54) is 43.6 Å². The second-order valence-electron chi connectivity index (χ2n) is 9.48. The molecule has 0 bridgehead atoms. The number of rotatable bonds is 10. The zero-order chi connectivity index (χ0) is 30.0. The summed E-state index contributed by atoms with van der Waals surface area (Å²) in [6.45, 7) is 1.96. The van der Waals surface area contributed by atoms with Crippen LogP contribution in [0.15, 0.2) is 54.7 Å². The van der Waals surface area contributed by atoms with Crippen molar-refractivity contribution in [2.75, 3.05) is 13.7 Å². The minimum absolute atomic E-state index is 0.0116. The van der Waals surface area contributed by atoms with Crippen LogP contribution < -0.4 is 4.74 Å². The number of halogens is 4. The third-order valence-corrected chi connectivity index (χ3v) is 6.66. The smallest absolute Gasteiger partial charge is 0.335 e. The number of carboxylic acid groups (broad SMARTS) is 1. The molecule has 3 aromatic carbocycles. The van der Waals surface area contributed by atoms with Crippen LogP contribution >= 0.6 is 0 Å². The number of carbonyl (C=O) groups is 1. The van der Waals surface area contributed by atoms with Crippen molar-refractivity contribution in [2.24, 2.45) is 0 Å². The third-order valence-electron chi connectivity index (χ3n) is 6.66. The van der Waals surface area contributed by atoms with Crippen LogP contribution in [0.2, 0.25) is 0 Å². The fraction of sp³-hybridized carbons (Fsp3) is 0.200. The molecular formula is C30H24F4N4O4. The first-order valence-electron chi connectivity index (χ1n) is 12.7. The minimum Gasteiger partial charge on any atom is -0.478 e. The van der Waals surface area contributed by atoms with E-state index in [2.05, 4.69) is 15.0 Å². The van der Waals surface area contributed by atoms with Gasteiger partial charge in [-0.25, -0.2) is 32.3 Å². The Labute approximate surface area is 237 Å². The molecule has 2 aromatic heterocycles. The molecule has 0 fully saturated rings. The van der Waals surface area contributed by atoms with Crippen LogP contribution in [0.25, 0.3) is 22.3 Å². The Morgan fingerprint density at radius 3 is 2.52 bits per heavy atom. The van der Waals surface area contributed by atoms with Gasteiger partial charge < -0.3 is 19.1 Å². The summed E-state index contributed by atoms with van der Waals surface area (Å²) in [5, 5.41) is 9.37. The summed E-state index contributed by atoms with van der Waals surface area (Å²) in [5.41, 5.74) is 0.666. The lowest BCUT2D eigenvalue weighted by molar-refractivity contribution is 0.0697. The van der Waals surface area contributed by atoms with Crippen LogP contribution in [-0.4, -0.2) is 44.3 Å². The van der Waals surface area contributed by atoms with Gasteiger partial charge in [-0.2, -0.15) is 4.98 Å². The topological polar surface area (TPSA) is 99.4 Å². The number of ether oxygens (including phenoxy) is 2. The molecule has 0 spiro atoms. The van der Waals surface area contributed by atoms with E-state index >= 15 is 13.2 Å². The largest absolute Gasteiger partial charge is 0.478 e. The van der Waals surface area contributed by atoms with Crippen molar-refractivity contribution in [3.05, 3.63) is 106 Å². The lowest BCUT2D eigenvalue weighted by atomic mass is 10.0. The number of imidazole rings is 1. The van der Waals surface area contributed by atoms with Crippen molar-refractivity contribution in [3.8, 4) is 17.3 Å². The molecule has 5 rings (SSSR count). The van der Waals surface area contributed by atoms with E-state index < -0.39 is 46.8 Å². The molecule has 0 atom stereocenters. The number of nitrogens with zero attached hydrogens (tertiary/aromatic N) is 4. The SMILES string of the molecule is COCCn1c(Cc2c(F)cc(-c3ccnc(OCc4ccc(C)cc4F)n3)c(F)c2F)nc2ccc(C(=O)O)cc21. The van der Waals surface area contributed by atoms with E-state index in [4.69, 9.17) is 9.47 Å². The number of carboxylic acids is 1. The van der Waals surface area contributed by atoms with Crippen molar-refractivity contribution in [3.63, 3.8) is 0 Å². The van der Waals surface area contributed by atoms with E-state index in [9.17, 15) is 14.3 Å². The highest BCUT2D eigenvalue weighted by molar-refractivity contribution is 5.92. The van der Waals surface area contributed by atoms with Crippen molar-refractivity contribution in [1.82, 2.24) is 19.5 Å². The van der Waals surface area contributed by atoms with Gasteiger partial charge >= 0.3 is 12.0 Å². The van der Waals surface area contributed by atoms with Gasteiger partial charge in [0.1, 0.15) is 24.1 Å². The molecule has 2 heterocycles.